The van der Waals surface area contributed by atoms with Gasteiger partial charge in [-0.05, 0) is 29.8 Å². The van der Waals surface area contributed by atoms with Crippen LogP contribution in [0.1, 0.15) is 11.7 Å². The van der Waals surface area contributed by atoms with Gasteiger partial charge in [-0.3, -0.25) is 0 Å². The average molecular weight is 466 g/mol. The monoisotopic (exact) mass is 466 g/mol. The molecule has 1 heterocycles. The van der Waals surface area contributed by atoms with E-state index >= 15 is 0 Å². The number of phenols is 1. The van der Waals surface area contributed by atoms with Crippen LogP contribution >= 0.6 is 0 Å². The second-order valence-electron chi connectivity index (χ2n) is 7.44. The van der Waals surface area contributed by atoms with Crippen molar-refractivity contribution < 1.29 is 48.8 Å². The quantitative estimate of drug-likeness (QED) is 0.401. The molecule has 6 atom stereocenters. The highest BCUT2D eigenvalue weighted by atomic mass is 16.7. The van der Waals surface area contributed by atoms with Crippen LogP contribution in [0.25, 0.3) is 0 Å². The molecule has 0 unspecified atom stereocenters. The van der Waals surface area contributed by atoms with Crippen molar-refractivity contribution in [2.45, 2.75) is 36.8 Å². The fourth-order valence-corrected chi connectivity index (χ4v) is 3.61. The zero-order valence-corrected chi connectivity index (χ0v) is 18.7. The molecule has 1 aliphatic rings. The highest BCUT2D eigenvalue weighted by molar-refractivity contribution is 5.43. The first-order chi connectivity index (χ1) is 15.9. The number of methoxy groups -OCH3 is 3. The molecule has 0 bridgehead atoms. The second-order valence-corrected chi connectivity index (χ2v) is 7.44. The molecule has 0 spiro atoms. The zero-order chi connectivity index (χ0) is 24.0. The van der Waals surface area contributed by atoms with Crippen LogP contribution in [0.15, 0.2) is 42.5 Å². The van der Waals surface area contributed by atoms with Gasteiger partial charge in [-0.1, -0.05) is 18.2 Å². The van der Waals surface area contributed by atoms with Gasteiger partial charge in [0.25, 0.3) is 0 Å². The van der Waals surface area contributed by atoms with Crippen LogP contribution < -0.4 is 14.2 Å². The molecule has 2 aromatic carbocycles. The number of aromatic hydroxyl groups is 1. The molecular weight excluding hydrogens is 436 g/mol. The Morgan fingerprint density at radius 3 is 2.33 bits per heavy atom. The van der Waals surface area contributed by atoms with Crippen LogP contribution in [0.3, 0.4) is 0 Å². The van der Waals surface area contributed by atoms with Crippen molar-refractivity contribution in [1.82, 2.24) is 0 Å². The van der Waals surface area contributed by atoms with Gasteiger partial charge in [0.1, 0.15) is 24.4 Å². The number of aliphatic hydroxyl groups is 3. The zero-order valence-electron chi connectivity index (χ0n) is 18.7. The third kappa shape index (κ3) is 5.67. The highest BCUT2D eigenvalue weighted by Gasteiger charge is 2.43. The van der Waals surface area contributed by atoms with E-state index in [-0.39, 0.29) is 18.1 Å². The minimum absolute atomic E-state index is 0.0857. The molecule has 1 fully saturated rings. The van der Waals surface area contributed by atoms with E-state index in [0.717, 1.165) is 0 Å². The Bertz CT molecular complexity index is 889. The van der Waals surface area contributed by atoms with Gasteiger partial charge in [-0.15, -0.1) is 0 Å². The summed E-state index contributed by atoms with van der Waals surface area (Å²) in [5, 5.41) is 40.9. The van der Waals surface area contributed by atoms with E-state index in [0.29, 0.717) is 17.1 Å². The third-order valence-electron chi connectivity index (χ3n) is 5.36. The van der Waals surface area contributed by atoms with E-state index in [2.05, 4.69) is 0 Å². The Hall–Kier alpha value is -2.60. The normalized spacial score (nSPS) is 24.7. The predicted octanol–water partition coefficient (Wildman–Crippen LogP) is 1.00. The molecule has 10 nitrogen and oxygen atoms in total. The Balaban J connectivity index is 2.00. The van der Waals surface area contributed by atoms with Gasteiger partial charge in [0, 0.05) is 7.11 Å². The number of para-hydroxylation sites is 2. The van der Waals surface area contributed by atoms with E-state index in [1.165, 1.54) is 33.5 Å². The van der Waals surface area contributed by atoms with Crippen molar-refractivity contribution in [3.63, 3.8) is 0 Å². The van der Waals surface area contributed by atoms with E-state index in [1.807, 2.05) is 0 Å². The topological polar surface area (TPSA) is 136 Å². The number of rotatable bonds is 10. The molecule has 0 saturated carbocycles. The SMILES string of the molecule is COc1cc([C@@H](O[C@H]2[C@H](OC)OC[C@@H](O)[C@@H]2O)[C@@H](CO)Oc2ccccc2OC)ccc1O. The maximum Gasteiger partial charge on any atom is 0.186 e. The lowest BCUT2D eigenvalue weighted by atomic mass is 10.0. The fraction of sp³-hybridized carbons (Fsp3) is 0.478. The highest BCUT2D eigenvalue weighted by Crippen LogP contribution is 2.37. The molecule has 182 valence electrons. The standard InChI is InChI=1S/C23H30O10/c1-28-16-6-4-5-7-17(16)32-19(11-24)21(13-8-9-14(25)18(10-13)29-2)33-22-20(27)15(26)12-31-23(22)30-3/h4-10,15,19-27H,11-12H2,1-3H3/t15-,19-,20+,21-,22-,23-/m1/s1. The van der Waals surface area contributed by atoms with Gasteiger partial charge < -0.3 is 48.8 Å². The molecule has 0 aliphatic carbocycles. The van der Waals surface area contributed by atoms with E-state index < -0.39 is 43.4 Å². The molecule has 2 aromatic rings. The second kappa shape index (κ2) is 11.5. The summed E-state index contributed by atoms with van der Waals surface area (Å²) in [5.41, 5.74) is 0.473. The van der Waals surface area contributed by atoms with Gasteiger partial charge in [-0.2, -0.15) is 0 Å². The Kier molecular flexibility index (Phi) is 8.73. The molecule has 0 amide bonds. The molecular formula is C23H30O10. The molecule has 1 saturated heterocycles. The smallest absolute Gasteiger partial charge is 0.186 e. The van der Waals surface area contributed by atoms with E-state index in [1.54, 1.807) is 30.3 Å². The molecule has 0 radical (unpaired) electrons. The predicted molar refractivity (Wildman–Crippen MR) is 116 cm³/mol. The van der Waals surface area contributed by atoms with Gasteiger partial charge in [0.05, 0.1) is 27.4 Å². The Morgan fingerprint density at radius 1 is 1.00 bits per heavy atom. The lowest BCUT2D eigenvalue weighted by Gasteiger charge is -2.40. The van der Waals surface area contributed by atoms with Crippen LogP contribution in [0.5, 0.6) is 23.0 Å². The van der Waals surface area contributed by atoms with Crippen LogP contribution in [0, 0.1) is 0 Å². The molecule has 3 rings (SSSR count). The first-order valence-electron chi connectivity index (χ1n) is 10.4. The lowest BCUT2D eigenvalue weighted by Crippen LogP contribution is -2.55. The van der Waals surface area contributed by atoms with Crippen molar-refractivity contribution in [3.8, 4) is 23.0 Å². The van der Waals surface area contributed by atoms with Crippen LogP contribution in [0.4, 0.5) is 0 Å². The van der Waals surface area contributed by atoms with Gasteiger partial charge >= 0.3 is 0 Å². The van der Waals surface area contributed by atoms with Crippen molar-refractivity contribution in [1.29, 1.82) is 0 Å². The maximum absolute atomic E-state index is 10.6. The first kappa shape index (κ1) is 25.0. The summed E-state index contributed by atoms with van der Waals surface area (Å²) in [4.78, 5) is 0. The van der Waals surface area contributed by atoms with Gasteiger partial charge in [0.15, 0.2) is 35.4 Å². The number of phenolic OH excluding ortho intramolecular Hbond substituents is 1. The van der Waals surface area contributed by atoms with Crippen molar-refractivity contribution >= 4 is 0 Å². The Morgan fingerprint density at radius 2 is 1.70 bits per heavy atom. The summed E-state index contributed by atoms with van der Waals surface area (Å²) in [5.74, 6) is 0.905. The van der Waals surface area contributed by atoms with Gasteiger partial charge in [-0.25, -0.2) is 0 Å². The van der Waals surface area contributed by atoms with Crippen molar-refractivity contribution in [2.75, 3.05) is 34.5 Å². The minimum Gasteiger partial charge on any atom is -0.504 e. The van der Waals surface area contributed by atoms with Crippen molar-refractivity contribution in [2.24, 2.45) is 0 Å². The number of hydrogen-bond acceptors (Lipinski definition) is 10. The van der Waals surface area contributed by atoms with Crippen LogP contribution in [-0.2, 0) is 14.2 Å². The van der Waals surface area contributed by atoms with E-state index in [9.17, 15) is 20.4 Å². The molecule has 33 heavy (non-hydrogen) atoms. The minimum atomic E-state index is -1.32. The van der Waals surface area contributed by atoms with E-state index in [4.69, 9.17) is 28.4 Å². The summed E-state index contributed by atoms with van der Waals surface area (Å²) in [6, 6.07) is 11.4. The number of benzene rings is 2. The first-order valence-corrected chi connectivity index (χ1v) is 10.4. The van der Waals surface area contributed by atoms with Crippen molar-refractivity contribution in [3.05, 3.63) is 48.0 Å². The third-order valence-corrected chi connectivity index (χ3v) is 5.36. The number of hydrogen-bond donors (Lipinski definition) is 4. The van der Waals surface area contributed by atoms with Crippen LogP contribution in [0.2, 0.25) is 0 Å². The van der Waals surface area contributed by atoms with Gasteiger partial charge in [0.2, 0.25) is 0 Å². The number of ether oxygens (including phenoxy) is 6. The lowest BCUT2D eigenvalue weighted by molar-refractivity contribution is -0.289. The largest absolute Gasteiger partial charge is 0.504 e. The average Bonchev–Trinajstić information content (AvgIpc) is 2.84. The molecule has 10 heteroatoms. The Labute approximate surface area is 191 Å². The number of aliphatic hydroxyl groups excluding tert-OH is 3. The summed E-state index contributed by atoms with van der Waals surface area (Å²) >= 11 is 0. The summed E-state index contributed by atoms with van der Waals surface area (Å²) < 4.78 is 33.5. The maximum atomic E-state index is 10.6. The molecule has 4 N–H and O–H groups in total. The summed E-state index contributed by atoms with van der Waals surface area (Å²) in [6.07, 6.45) is -6.59. The molecule has 1 aliphatic heterocycles. The summed E-state index contributed by atoms with van der Waals surface area (Å²) in [6.45, 7) is -0.603. The molecule has 0 aromatic heterocycles. The van der Waals surface area contributed by atoms with Crippen LogP contribution in [-0.4, -0.2) is 85.7 Å². The summed E-state index contributed by atoms with van der Waals surface area (Å²) in [7, 11) is 4.29. The fourth-order valence-electron chi connectivity index (χ4n) is 3.61.